The second kappa shape index (κ2) is 10.8. The van der Waals surface area contributed by atoms with Crippen molar-refractivity contribution in [2.24, 2.45) is 11.8 Å². The summed E-state index contributed by atoms with van der Waals surface area (Å²) in [5.74, 6) is -2.31. The zero-order valence-corrected chi connectivity index (χ0v) is 21.1. The summed E-state index contributed by atoms with van der Waals surface area (Å²) in [6.45, 7) is 5.99. The van der Waals surface area contributed by atoms with E-state index in [1.54, 1.807) is 4.90 Å². The maximum Gasteiger partial charge on any atom is 0.313 e. The van der Waals surface area contributed by atoms with Gasteiger partial charge in [0.1, 0.15) is 23.2 Å². The summed E-state index contributed by atoms with van der Waals surface area (Å²) < 4.78 is 12.4. The minimum Gasteiger partial charge on any atom is -0.465 e. The van der Waals surface area contributed by atoms with Crippen molar-refractivity contribution >= 4 is 17.8 Å². The first-order chi connectivity index (χ1) is 17.0. The third-order valence-electron chi connectivity index (χ3n) is 8.07. The second-order valence-electron chi connectivity index (χ2n) is 10.2. The maximum absolute atomic E-state index is 14.1. The van der Waals surface area contributed by atoms with Gasteiger partial charge in [0.15, 0.2) is 0 Å². The Balaban J connectivity index is 1.75. The van der Waals surface area contributed by atoms with Crippen molar-refractivity contribution in [3.63, 3.8) is 0 Å². The number of nitrogens with zero attached hydrogens (tertiary/aromatic N) is 2. The maximum atomic E-state index is 14.1. The van der Waals surface area contributed by atoms with Gasteiger partial charge in [0.25, 0.3) is 0 Å². The number of fused-ring (bicyclic) bond motifs is 2. The normalized spacial score (nSPS) is 34.3. The Hall–Kier alpha value is -2.19. The molecule has 4 aliphatic heterocycles. The van der Waals surface area contributed by atoms with E-state index in [9.17, 15) is 14.4 Å². The number of likely N-dealkylation sites (tertiary alicyclic amines) is 1. The van der Waals surface area contributed by atoms with E-state index < -0.39 is 35.0 Å². The Labute approximate surface area is 208 Å². The molecule has 0 radical (unpaired) electrons. The standard InChI is InChI=1S/C27H40N2O6/c1-3-5-15-28-16-12-14-27-20(21-25(33)34-19-11-8-13-26(21,4-2)35-27)23(31)29(22(27)24(28)32)17-9-6-7-10-18-30/h8,12-14,20-22,30H,3-7,9-11,15-19H2,1-2H3/t20-,21-,22?,26+,27-/m0/s1. The molecule has 0 saturated carbocycles. The van der Waals surface area contributed by atoms with Crippen LogP contribution in [0, 0.1) is 11.8 Å². The van der Waals surface area contributed by atoms with Crippen molar-refractivity contribution in [2.75, 3.05) is 32.8 Å². The molecule has 0 bridgehead atoms. The average Bonchev–Trinajstić information content (AvgIpc) is 3.19. The molecule has 4 aliphatic rings. The van der Waals surface area contributed by atoms with Crippen molar-refractivity contribution in [3.8, 4) is 0 Å². The van der Waals surface area contributed by atoms with E-state index in [0.29, 0.717) is 32.5 Å². The molecular formula is C27H40N2O6. The smallest absolute Gasteiger partial charge is 0.313 e. The Kier molecular flexibility index (Phi) is 8.01. The van der Waals surface area contributed by atoms with Crippen LogP contribution in [-0.4, -0.2) is 82.8 Å². The van der Waals surface area contributed by atoms with E-state index in [-0.39, 0.29) is 25.0 Å². The first-order valence-corrected chi connectivity index (χ1v) is 13.4. The number of unbranched alkanes of at least 4 members (excludes halogenated alkanes) is 4. The third-order valence-corrected chi connectivity index (χ3v) is 8.07. The molecule has 5 atom stereocenters. The van der Waals surface area contributed by atoms with E-state index >= 15 is 0 Å². The molecule has 0 aromatic rings. The zero-order valence-electron chi connectivity index (χ0n) is 21.1. The molecule has 0 aromatic heterocycles. The van der Waals surface area contributed by atoms with E-state index in [1.165, 1.54) is 0 Å². The van der Waals surface area contributed by atoms with Gasteiger partial charge in [0.2, 0.25) is 11.8 Å². The molecule has 0 aromatic carbocycles. The van der Waals surface area contributed by atoms with Gasteiger partial charge in [-0.15, -0.1) is 0 Å². The fourth-order valence-corrected chi connectivity index (χ4v) is 6.31. The minimum atomic E-state index is -1.20. The molecule has 0 aliphatic carbocycles. The van der Waals surface area contributed by atoms with Crippen LogP contribution in [0.15, 0.2) is 24.3 Å². The largest absolute Gasteiger partial charge is 0.465 e. The predicted octanol–water partition coefficient (Wildman–Crippen LogP) is 2.60. The highest BCUT2D eigenvalue weighted by molar-refractivity contribution is 5.99. The van der Waals surface area contributed by atoms with Crippen molar-refractivity contribution in [1.82, 2.24) is 9.80 Å². The van der Waals surface area contributed by atoms with Gasteiger partial charge in [0.05, 0.1) is 12.5 Å². The molecule has 2 fully saturated rings. The van der Waals surface area contributed by atoms with Crippen molar-refractivity contribution in [1.29, 1.82) is 0 Å². The van der Waals surface area contributed by atoms with Gasteiger partial charge in [-0.2, -0.15) is 0 Å². The number of carbonyl (C=O) groups excluding carboxylic acids is 3. The highest BCUT2D eigenvalue weighted by Gasteiger charge is 2.75. The van der Waals surface area contributed by atoms with Gasteiger partial charge in [-0.05, 0) is 32.1 Å². The van der Waals surface area contributed by atoms with Gasteiger partial charge in [-0.1, -0.05) is 57.4 Å². The van der Waals surface area contributed by atoms with Gasteiger partial charge < -0.3 is 24.4 Å². The van der Waals surface area contributed by atoms with Gasteiger partial charge in [-0.3, -0.25) is 14.4 Å². The molecule has 2 amide bonds. The van der Waals surface area contributed by atoms with Crippen LogP contribution in [0.25, 0.3) is 0 Å². The summed E-state index contributed by atoms with van der Waals surface area (Å²) in [7, 11) is 0. The van der Waals surface area contributed by atoms with E-state index in [4.69, 9.17) is 14.6 Å². The van der Waals surface area contributed by atoms with E-state index in [0.717, 1.165) is 38.5 Å². The molecule has 8 nitrogen and oxygen atoms in total. The number of hydrogen-bond acceptors (Lipinski definition) is 6. The fourth-order valence-electron chi connectivity index (χ4n) is 6.31. The van der Waals surface area contributed by atoms with Gasteiger partial charge in [-0.25, -0.2) is 0 Å². The molecule has 4 rings (SSSR count). The van der Waals surface area contributed by atoms with Crippen LogP contribution in [0.3, 0.4) is 0 Å². The Bertz CT molecular complexity index is 872. The van der Waals surface area contributed by atoms with Crippen LogP contribution in [0.4, 0.5) is 0 Å². The Morgan fingerprint density at radius 2 is 1.77 bits per heavy atom. The molecule has 194 valence electrons. The number of carbonyl (C=O) groups is 3. The lowest BCUT2D eigenvalue weighted by atomic mass is 9.73. The number of rotatable bonds is 10. The van der Waals surface area contributed by atoms with Gasteiger partial charge in [0, 0.05) is 26.2 Å². The summed E-state index contributed by atoms with van der Waals surface area (Å²) in [4.78, 5) is 44.9. The summed E-state index contributed by atoms with van der Waals surface area (Å²) in [6.07, 6.45) is 13.9. The second-order valence-corrected chi connectivity index (χ2v) is 10.2. The first kappa shape index (κ1) is 25.9. The molecule has 1 unspecified atom stereocenters. The molecular weight excluding hydrogens is 448 g/mol. The van der Waals surface area contributed by atoms with Crippen LogP contribution in [0.5, 0.6) is 0 Å². The van der Waals surface area contributed by atoms with Crippen molar-refractivity contribution in [3.05, 3.63) is 24.3 Å². The highest BCUT2D eigenvalue weighted by atomic mass is 16.6. The van der Waals surface area contributed by atoms with Crippen LogP contribution in [0.1, 0.15) is 65.2 Å². The van der Waals surface area contributed by atoms with Crippen LogP contribution in [-0.2, 0) is 23.9 Å². The minimum absolute atomic E-state index is 0.104. The SMILES string of the molecule is CCCCN1CC=C[C@]23O[C@]4(CC)C=CCCOC(=O)[C@@H]4[C@H]2C(=O)N(CCCCCCO)C3C1=O. The molecule has 4 heterocycles. The van der Waals surface area contributed by atoms with E-state index in [1.807, 2.05) is 36.1 Å². The number of hydrogen-bond donors (Lipinski definition) is 1. The summed E-state index contributed by atoms with van der Waals surface area (Å²) in [5, 5.41) is 9.08. The van der Waals surface area contributed by atoms with Crippen LogP contribution >= 0.6 is 0 Å². The lowest BCUT2D eigenvalue weighted by molar-refractivity contribution is -0.161. The first-order valence-electron chi connectivity index (χ1n) is 13.4. The number of esters is 1. The molecule has 8 heteroatoms. The highest BCUT2D eigenvalue weighted by Crippen LogP contribution is 2.58. The summed E-state index contributed by atoms with van der Waals surface area (Å²) >= 11 is 0. The quantitative estimate of drug-likeness (QED) is 0.289. The lowest BCUT2D eigenvalue weighted by Crippen LogP contribution is -2.56. The Morgan fingerprint density at radius 3 is 2.51 bits per heavy atom. The lowest BCUT2D eigenvalue weighted by Gasteiger charge is -2.38. The summed E-state index contributed by atoms with van der Waals surface area (Å²) in [5.41, 5.74) is -2.18. The molecule has 2 saturated heterocycles. The average molecular weight is 489 g/mol. The van der Waals surface area contributed by atoms with Crippen molar-refractivity contribution in [2.45, 2.75) is 82.5 Å². The number of aliphatic hydroxyl groups excluding tert-OH is 1. The van der Waals surface area contributed by atoms with E-state index in [2.05, 4.69) is 6.92 Å². The molecule has 1 N–H and O–H groups in total. The third kappa shape index (κ3) is 4.44. The van der Waals surface area contributed by atoms with Crippen LogP contribution in [0.2, 0.25) is 0 Å². The summed E-state index contributed by atoms with van der Waals surface area (Å²) in [6, 6.07) is -0.800. The molecule has 1 spiro atoms. The molecule has 35 heavy (non-hydrogen) atoms. The van der Waals surface area contributed by atoms with Crippen LogP contribution < -0.4 is 0 Å². The number of ether oxygens (including phenoxy) is 2. The van der Waals surface area contributed by atoms with Crippen molar-refractivity contribution < 1.29 is 29.0 Å². The predicted molar refractivity (Wildman–Crippen MR) is 130 cm³/mol. The fraction of sp³-hybridized carbons (Fsp3) is 0.741. The number of cyclic esters (lactones) is 1. The Morgan fingerprint density at radius 1 is 0.971 bits per heavy atom. The number of aliphatic hydroxyl groups is 1. The number of amides is 2. The monoisotopic (exact) mass is 488 g/mol. The zero-order chi connectivity index (χ0) is 25.1. The van der Waals surface area contributed by atoms with Gasteiger partial charge >= 0.3 is 5.97 Å². The topological polar surface area (TPSA) is 96.4 Å².